The van der Waals surface area contributed by atoms with E-state index in [-0.39, 0.29) is 6.54 Å². The SMILES string of the molecule is Cc1cc(CNC(=O)c2cc(F)cc([N+](=O)[O-])c2F)on1. The summed E-state index contributed by atoms with van der Waals surface area (Å²) in [5.74, 6) is -3.16. The summed E-state index contributed by atoms with van der Waals surface area (Å²) < 4.78 is 31.8. The van der Waals surface area contributed by atoms with E-state index in [1.165, 1.54) is 0 Å². The first-order valence-electron chi connectivity index (χ1n) is 5.72. The number of amides is 1. The average Bonchev–Trinajstić information content (AvgIpc) is 2.83. The van der Waals surface area contributed by atoms with Gasteiger partial charge in [-0.05, 0) is 13.0 Å². The van der Waals surface area contributed by atoms with Crippen LogP contribution in [0.3, 0.4) is 0 Å². The van der Waals surface area contributed by atoms with Crippen molar-refractivity contribution in [3.05, 3.63) is 57.0 Å². The van der Waals surface area contributed by atoms with Crippen LogP contribution in [0.1, 0.15) is 21.8 Å². The first-order chi connectivity index (χ1) is 9.88. The van der Waals surface area contributed by atoms with Crippen LogP contribution in [-0.2, 0) is 6.54 Å². The molecule has 1 amide bonds. The number of aromatic nitrogens is 1. The minimum absolute atomic E-state index is 0.108. The van der Waals surface area contributed by atoms with E-state index in [1.54, 1.807) is 13.0 Å². The maximum absolute atomic E-state index is 13.8. The van der Waals surface area contributed by atoms with E-state index < -0.39 is 33.7 Å². The summed E-state index contributed by atoms with van der Waals surface area (Å²) in [6.45, 7) is 1.56. The van der Waals surface area contributed by atoms with E-state index in [9.17, 15) is 23.7 Å². The first kappa shape index (κ1) is 14.6. The fraction of sp³-hybridized carbons (Fsp3) is 0.167. The largest absolute Gasteiger partial charge is 0.359 e. The number of nitro groups is 1. The molecule has 0 saturated heterocycles. The number of hydrogen-bond donors (Lipinski definition) is 1. The van der Waals surface area contributed by atoms with Crippen LogP contribution in [0.4, 0.5) is 14.5 Å². The minimum atomic E-state index is -1.40. The summed E-state index contributed by atoms with van der Waals surface area (Å²) >= 11 is 0. The van der Waals surface area contributed by atoms with E-state index in [0.29, 0.717) is 23.6 Å². The zero-order valence-corrected chi connectivity index (χ0v) is 10.7. The molecule has 0 aliphatic heterocycles. The van der Waals surface area contributed by atoms with Crippen LogP contribution < -0.4 is 5.32 Å². The van der Waals surface area contributed by atoms with E-state index in [0.717, 1.165) is 0 Å². The van der Waals surface area contributed by atoms with Crippen molar-refractivity contribution in [1.82, 2.24) is 10.5 Å². The van der Waals surface area contributed by atoms with Gasteiger partial charge in [0.05, 0.1) is 28.8 Å². The van der Waals surface area contributed by atoms with Crippen LogP contribution in [0.15, 0.2) is 22.7 Å². The molecular formula is C12H9F2N3O4. The lowest BCUT2D eigenvalue weighted by Crippen LogP contribution is -2.24. The van der Waals surface area contributed by atoms with Crippen LogP contribution in [0.2, 0.25) is 0 Å². The molecule has 7 nitrogen and oxygen atoms in total. The highest BCUT2D eigenvalue weighted by molar-refractivity contribution is 5.95. The van der Waals surface area contributed by atoms with Crippen LogP contribution in [-0.4, -0.2) is 16.0 Å². The molecule has 2 rings (SSSR count). The van der Waals surface area contributed by atoms with Crippen molar-refractivity contribution < 1.29 is 23.0 Å². The van der Waals surface area contributed by atoms with Crippen molar-refractivity contribution in [3.63, 3.8) is 0 Å². The third kappa shape index (κ3) is 3.19. The van der Waals surface area contributed by atoms with E-state index in [2.05, 4.69) is 10.5 Å². The number of rotatable bonds is 4. The van der Waals surface area contributed by atoms with Gasteiger partial charge in [-0.3, -0.25) is 14.9 Å². The number of aryl methyl sites for hydroxylation is 1. The molecule has 0 saturated carbocycles. The summed E-state index contributed by atoms with van der Waals surface area (Å²) in [5, 5.41) is 16.4. The maximum Gasteiger partial charge on any atom is 0.308 e. The summed E-state index contributed by atoms with van der Waals surface area (Å²) in [5.41, 5.74) is -1.26. The normalized spacial score (nSPS) is 10.4. The van der Waals surface area contributed by atoms with Crippen LogP contribution >= 0.6 is 0 Å². The lowest BCUT2D eigenvalue weighted by atomic mass is 10.1. The second kappa shape index (κ2) is 5.65. The third-order valence-electron chi connectivity index (χ3n) is 2.56. The second-order valence-electron chi connectivity index (χ2n) is 4.16. The zero-order chi connectivity index (χ0) is 15.6. The highest BCUT2D eigenvalue weighted by atomic mass is 19.1. The van der Waals surface area contributed by atoms with Gasteiger partial charge in [0.15, 0.2) is 5.76 Å². The van der Waals surface area contributed by atoms with Crippen molar-refractivity contribution in [2.24, 2.45) is 0 Å². The van der Waals surface area contributed by atoms with Gasteiger partial charge in [0, 0.05) is 6.07 Å². The number of halogens is 2. The molecule has 21 heavy (non-hydrogen) atoms. The number of nitrogens with zero attached hydrogens (tertiary/aromatic N) is 2. The monoisotopic (exact) mass is 297 g/mol. The second-order valence-corrected chi connectivity index (χ2v) is 4.16. The average molecular weight is 297 g/mol. The molecule has 9 heteroatoms. The van der Waals surface area contributed by atoms with Crippen LogP contribution in [0.5, 0.6) is 0 Å². The standard InChI is InChI=1S/C12H9F2N3O4/c1-6-2-8(21-16-6)5-15-12(18)9-3-7(13)4-10(11(9)14)17(19)20/h2-4H,5H2,1H3,(H,15,18). The van der Waals surface area contributed by atoms with Gasteiger partial charge in [-0.2, -0.15) is 4.39 Å². The topological polar surface area (TPSA) is 98.3 Å². The summed E-state index contributed by atoms with van der Waals surface area (Å²) in [7, 11) is 0. The fourth-order valence-electron chi connectivity index (χ4n) is 1.64. The van der Waals surface area contributed by atoms with E-state index in [1.807, 2.05) is 0 Å². The Morgan fingerprint density at radius 1 is 1.43 bits per heavy atom. The Kier molecular flexibility index (Phi) is 3.92. The molecule has 0 fully saturated rings. The van der Waals surface area contributed by atoms with Gasteiger partial charge in [0.1, 0.15) is 5.82 Å². The highest BCUT2D eigenvalue weighted by Crippen LogP contribution is 2.22. The Morgan fingerprint density at radius 3 is 2.71 bits per heavy atom. The summed E-state index contributed by atoms with van der Waals surface area (Å²) in [6, 6.07) is 2.54. The van der Waals surface area contributed by atoms with Gasteiger partial charge in [0.2, 0.25) is 5.82 Å². The number of carbonyl (C=O) groups is 1. The molecule has 0 aliphatic carbocycles. The summed E-state index contributed by atoms with van der Waals surface area (Å²) in [6.07, 6.45) is 0. The quantitative estimate of drug-likeness (QED) is 0.688. The molecule has 0 radical (unpaired) electrons. The maximum atomic E-state index is 13.8. The smallest absolute Gasteiger partial charge is 0.308 e. The molecule has 2 aromatic rings. The van der Waals surface area contributed by atoms with E-state index >= 15 is 0 Å². The number of nitro benzene ring substituents is 1. The number of benzene rings is 1. The van der Waals surface area contributed by atoms with Crippen molar-refractivity contribution in [2.45, 2.75) is 13.5 Å². The molecule has 0 bridgehead atoms. The van der Waals surface area contributed by atoms with Crippen molar-refractivity contribution >= 4 is 11.6 Å². The van der Waals surface area contributed by atoms with Gasteiger partial charge in [0.25, 0.3) is 5.91 Å². The van der Waals surface area contributed by atoms with Crippen molar-refractivity contribution in [3.8, 4) is 0 Å². The lowest BCUT2D eigenvalue weighted by Gasteiger charge is -2.05. The Bertz CT molecular complexity index is 715. The van der Waals surface area contributed by atoms with Gasteiger partial charge in [-0.25, -0.2) is 4.39 Å². The van der Waals surface area contributed by atoms with Crippen molar-refractivity contribution in [2.75, 3.05) is 0 Å². The number of carbonyl (C=O) groups excluding carboxylic acids is 1. The molecule has 1 aromatic heterocycles. The molecule has 0 spiro atoms. The van der Waals surface area contributed by atoms with E-state index in [4.69, 9.17) is 4.52 Å². The minimum Gasteiger partial charge on any atom is -0.359 e. The van der Waals surface area contributed by atoms with Crippen molar-refractivity contribution in [1.29, 1.82) is 0 Å². The number of nitrogens with one attached hydrogen (secondary N) is 1. The third-order valence-corrected chi connectivity index (χ3v) is 2.56. The highest BCUT2D eigenvalue weighted by Gasteiger charge is 2.24. The predicted molar refractivity (Wildman–Crippen MR) is 65.4 cm³/mol. The predicted octanol–water partition coefficient (Wildman–Crippen LogP) is 2.10. The van der Waals surface area contributed by atoms with Crippen LogP contribution in [0, 0.1) is 28.7 Å². The van der Waals surface area contributed by atoms with Gasteiger partial charge >= 0.3 is 5.69 Å². The molecule has 1 heterocycles. The zero-order valence-electron chi connectivity index (χ0n) is 10.7. The Hall–Kier alpha value is -2.84. The lowest BCUT2D eigenvalue weighted by molar-refractivity contribution is -0.387. The van der Waals surface area contributed by atoms with Gasteiger partial charge in [-0.1, -0.05) is 5.16 Å². The molecular weight excluding hydrogens is 288 g/mol. The molecule has 110 valence electrons. The fourth-order valence-corrected chi connectivity index (χ4v) is 1.64. The Labute approximate surface area is 116 Å². The first-order valence-corrected chi connectivity index (χ1v) is 5.72. The molecule has 1 N–H and O–H groups in total. The van der Waals surface area contributed by atoms with Gasteiger partial charge in [-0.15, -0.1) is 0 Å². The Morgan fingerprint density at radius 2 is 2.14 bits per heavy atom. The molecule has 0 aliphatic rings. The molecule has 1 aromatic carbocycles. The van der Waals surface area contributed by atoms with Crippen LogP contribution in [0.25, 0.3) is 0 Å². The Balaban J connectivity index is 2.21. The van der Waals surface area contributed by atoms with Gasteiger partial charge < -0.3 is 9.84 Å². The molecule has 0 unspecified atom stereocenters. The number of hydrogen-bond acceptors (Lipinski definition) is 5. The summed E-state index contributed by atoms with van der Waals surface area (Å²) in [4.78, 5) is 21.2. The molecule has 0 atom stereocenters.